The van der Waals surface area contributed by atoms with Crippen molar-refractivity contribution in [2.75, 3.05) is 11.9 Å². The van der Waals surface area contributed by atoms with E-state index in [4.69, 9.17) is 0 Å². The average Bonchev–Trinajstić information content (AvgIpc) is 2.37. The Bertz CT molecular complexity index is 339. The minimum Gasteiger partial charge on any atom is -0.383 e. The Kier molecular flexibility index (Phi) is 7.38. The second kappa shape index (κ2) is 8.90. The van der Waals surface area contributed by atoms with E-state index in [1.807, 2.05) is 0 Å². The first-order valence-electron chi connectivity index (χ1n) is 6.93. The van der Waals surface area contributed by atoms with Gasteiger partial charge in [-0.25, -0.2) is 8.78 Å². The third-order valence-electron chi connectivity index (χ3n) is 3.05. The number of rotatable bonds is 9. The quantitative estimate of drug-likeness (QED) is 0.603. The van der Waals surface area contributed by atoms with E-state index in [1.54, 1.807) is 6.07 Å². The van der Waals surface area contributed by atoms with Crippen molar-refractivity contribution in [3.63, 3.8) is 0 Å². The van der Waals surface area contributed by atoms with Crippen LogP contribution in [0, 0.1) is 11.6 Å². The van der Waals surface area contributed by atoms with E-state index in [0.717, 1.165) is 18.9 Å². The van der Waals surface area contributed by atoms with Crippen LogP contribution >= 0.6 is 0 Å². The van der Waals surface area contributed by atoms with Crippen LogP contribution in [-0.2, 0) is 0 Å². The van der Waals surface area contributed by atoms with Gasteiger partial charge in [0.1, 0.15) is 0 Å². The molecular formula is C15H23F2N. The number of benzene rings is 1. The summed E-state index contributed by atoms with van der Waals surface area (Å²) in [6, 6.07) is 4.22. The van der Waals surface area contributed by atoms with Crippen molar-refractivity contribution >= 4 is 5.69 Å². The predicted molar refractivity (Wildman–Crippen MR) is 72.8 cm³/mol. The molecule has 0 aromatic heterocycles. The second-order valence-electron chi connectivity index (χ2n) is 4.65. The highest BCUT2D eigenvalue weighted by atomic mass is 19.2. The number of anilines is 1. The molecule has 1 aromatic rings. The average molecular weight is 255 g/mol. The molecule has 1 nitrogen and oxygen atoms in total. The predicted octanol–water partition coefficient (Wildman–Crippen LogP) is 5.13. The lowest BCUT2D eigenvalue weighted by Crippen LogP contribution is -2.04. The molecule has 0 heterocycles. The van der Waals surface area contributed by atoms with Crippen molar-refractivity contribution in [3.8, 4) is 0 Å². The number of unbranched alkanes of at least 4 members (excludes halogenated alkanes) is 6. The summed E-state index contributed by atoms with van der Waals surface area (Å²) in [7, 11) is 0. The van der Waals surface area contributed by atoms with Crippen molar-refractivity contribution in [1.82, 2.24) is 0 Å². The van der Waals surface area contributed by atoms with Crippen molar-refractivity contribution in [2.24, 2.45) is 0 Å². The first-order chi connectivity index (χ1) is 8.75. The van der Waals surface area contributed by atoms with Gasteiger partial charge in [0.05, 0.1) is 5.69 Å². The summed E-state index contributed by atoms with van der Waals surface area (Å²) in [6.07, 6.45) is 8.54. The van der Waals surface area contributed by atoms with E-state index < -0.39 is 11.6 Å². The third-order valence-corrected chi connectivity index (χ3v) is 3.05. The van der Waals surface area contributed by atoms with Crippen molar-refractivity contribution in [1.29, 1.82) is 0 Å². The van der Waals surface area contributed by atoms with Gasteiger partial charge in [-0.05, 0) is 18.6 Å². The van der Waals surface area contributed by atoms with Gasteiger partial charge in [0, 0.05) is 6.54 Å². The zero-order chi connectivity index (χ0) is 13.2. The van der Waals surface area contributed by atoms with Crippen LogP contribution in [0.1, 0.15) is 51.9 Å². The number of hydrogen-bond acceptors (Lipinski definition) is 1. The van der Waals surface area contributed by atoms with Crippen LogP contribution in [0.15, 0.2) is 18.2 Å². The standard InChI is InChI=1S/C15H23F2N/c1-2-3-4-5-6-7-8-12-18-14-11-9-10-13(16)15(14)17/h9-11,18H,2-8,12H2,1H3. The van der Waals surface area contributed by atoms with Gasteiger partial charge in [0.2, 0.25) is 0 Å². The topological polar surface area (TPSA) is 12.0 Å². The highest BCUT2D eigenvalue weighted by Crippen LogP contribution is 2.16. The number of halogens is 2. The monoisotopic (exact) mass is 255 g/mol. The molecule has 0 saturated carbocycles. The van der Waals surface area contributed by atoms with Crippen LogP contribution < -0.4 is 5.32 Å². The van der Waals surface area contributed by atoms with E-state index in [0.29, 0.717) is 6.54 Å². The summed E-state index contributed by atoms with van der Waals surface area (Å²) in [4.78, 5) is 0. The van der Waals surface area contributed by atoms with Gasteiger partial charge in [-0.15, -0.1) is 0 Å². The largest absolute Gasteiger partial charge is 0.383 e. The summed E-state index contributed by atoms with van der Waals surface area (Å²) in [6.45, 7) is 2.91. The molecule has 0 amide bonds. The molecule has 1 rings (SSSR count). The molecule has 0 aliphatic heterocycles. The summed E-state index contributed by atoms with van der Waals surface area (Å²) < 4.78 is 26.2. The summed E-state index contributed by atoms with van der Waals surface area (Å²) in [5, 5.41) is 2.94. The molecule has 0 atom stereocenters. The van der Waals surface area contributed by atoms with E-state index >= 15 is 0 Å². The van der Waals surface area contributed by atoms with Crippen LogP contribution in [0.2, 0.25) is 0 Å². The minimum atomic E-state index is -0.792. The summed E-state index contributed by atoms with van der Waals surface area (Å²) in [5.41, 5.74) is 0.265. The molecule has 18 heavy (non-hydrogen) atoms. The molecule has 0 unspecified atom stereocenters. The molecule has 0 spiro atoms. The number of nitrogens with one attached hydrogen (secondary N) is 1. The van der Waals surface area contributed by atoms with Gasteiger partial charge in [-0.2, -0.15) is 0 Å². The van der Waals surface area contributed by atoms with Crippen molar-refractivity contribution < 1.29 is 8.78 Å². The Morgan fingerprint density at radius 3 is 2.33 bits per heavy atom. The maximum Gasteiger partial charge on any atom is 0.181 e. The smallest absolute Gasteiger partial charge is 0.181 e. The maximum atomic E-state index is 13.3. The number of hydrogen-bond donors (Lipinski definition) is 1. The molecule has 0 saturated heterocycles. The Balaban J connectivity index is 2.09. The van der Waals surface area contributed by atoms with Gasteiger partial charge < -0.3 is 5.32 Å². The lowest BCUT2D eigenvalue weighted by molar-refractivity contribution is 0.510. The maximum absolute atomic E-state index is 13.3. The molecule has 1 aromatic carbocycles. The first kappa shape index (κ1) is 14.9. The zero-order valence-corrected chi connectivity index (χ0v) is 11.1. The van der Waals surface area contributed by atoms with Gasteiger partial charge >= 0.3 is 0 Å². The molecule has 0 aliphatic carbocycles. The van der Waals surface area contributed by atoms with Crippen molar-refractivity contribution in [3.05, 3.63) is 29.8 Å². The first-order valence-corrected chi connectivity index (χ1v) is 6.93. The van der Waals surface area contributed by atoms with Crippen LogP contribution in [0.5, 0.6) is 0 Å². The van der Waals surface area contributed by atoms with Gasteiger partial charge in [0.15, 0.2) is 11.6 Å². The molecule has 0 radical (unpaired) electrons. The Morgan fingerprint density at radius 1 is 0.944 bits per heavy atom. The van der Waals surface area contributed by atoms with Crippen LogP contribution in [0.4, 0.5) is 14.5 Å². The third kappa shape index (κ3) is 5.48. The van der Waals surface area contributed by atoms with E-state index in [2.05, 4.69) is 12.2 Å². The van der Waals surface area contributed by atoms with Crippen LogP contribution in [0.25, 0.3) is 0 Å². The molecule has 3 heteroatoms. The zero-order valence-electron chi connectivity index (χ0n) is 11.1. The minimum absolute atomic E-state index is 0.265. The summed E-state index contributed by atoms with van der Waals surface area (Å²) >= 11 is 0. The molecular weight excluding hydrogens is 232 g/mol. The normalized spacial score (nSPS) is 10.6. The van der Waals surface area contributed by atoms with E-state index in [-0.39, 0.29) is 5.69 Å². The molecule has 0 aliphatic rings. The molecule has 0 fully saturated rings. The van der Waals surface area contributed by atoms with E-state index in [9.17, 15) is 8.78 Å². The fourth-order valence-electron chi connectivity index (χ4n) is 1.95. The van der Waals surface area contributed by atoms with Gasteiger partial charge in [-0.1, -0.05) is 51.5 Å². The summed E-state index contributed by atoms with van der Waals surface area (Å²) in [5.74, 6) is -1.57. The Labute approximate surface area is 109 Å². The Hall–Kier alpha value is -1.12. The molecule has 0 bridgehead atoms. The lowest BCUT2D eigenvalue weighted by Gasteiger charge is -2.07. The molecule has 1 N–H and O–H groups in total. The Morgan fingerprint density at radius 2 is 1.61 bits per heavy atom. The SMILES string of the molecule is CCCCCCCCCNc1cccc(F)c1F. The highest BCUT2D eigenvalue weighted by Gasteiger charge is 2.05. The van der Waals surface area contributed by atoms with Gasteiger partial charge in [-0.3, -0.25) is 0 Å². The second-order valence-corrected chi connectivity index (χ2v) is 4.65. The van der Waals surface area contributed by atoms with Crippen LogP contribution in [-0.4, -0.2) is 6.54 Å². The lowest BCUT2D eigenvalue weighted by atomic mass is 10.1. The van der Waals surface area contributed by atoms with Gasteiger partial charge in [0.25, 0.3) is 0 Å². The van der Waals surface area contributed by atoms with E-state index in [1.165, 1.54) is 38.2 Å². The highest BCUT2D eigenvalue weighted by molar-refractivity contribution is 5.44. The molecule has 102 valence electrons. The van der Waals surface area contributed by atoms with Crippen molar-refractivity contribution in [2.45, 2.75) is 51.9 Å². The fraction of sp³-hybridized carbons (Fsp3) is 0.600. The fourth-order valence-corrected chi connectivity index (χ4v) is 1.95. The van der Waals surface area contributed by atoms with Crippen LogP contribution in [0.3, 0.4) is 0 Å².